The quantitative estimate of drug-likeness (QED) is 0.711. The third-order valence-corrected chi connectivity index (χ3v) is 5.06. The predicted molar refractivity (Wildman–Crippen MR) is 105 cm³/mol. The lowest BCUT2D eigenvalue weighted by Gasteiger charge is -2.27. The standard InChI is InChI=1S/C20H24N6O/c1-20(2,3)16-8-9-17(27)26(24-16)12-14-6-5-11-25(14)19-15-7-4-10-21-18(15)22-13-23-19/h4,7-10,13-14H,5-6,11-12H2,1-3H3. The van der Waals surface area contributed by atoms with Crippen LogP contribution in [0, 0.1) is 0 Å². The summed E-state index contributed by atoms with van der Waals surface area (Å²) in [5.74, 6) is 0.885. The number of fused-ring (bicyclic) bond motifs is 1. The minimum atomic E-state index is -0.0979. The molecule has 4 rings (SSSR count). The van der Waals surface area contributed by atoms with E-state index >= 15 is 0 Å². The van der Waals surface area contributed by atoms with E-state index < -0.39 is 0 Å². The second-order valence-electron chi connectivity index (χ2n) is 8.05. The maximum absolute atomic E-state index is 12.4. The second-order valence-corrected chi connectivity index (χ2v) is 8.05. The number of hydrogen-bond donors (Lipinski definition) is 0. The zero-order chi connectivity index (χ0) is 19.0. The van der Waals surface area contributed by atoms with Crippen LogP contribution in [0.15, 0.2) is 41.6 Å². The van der Waals surface area contributed by atoms with Gasteiger partial charge in [0.2, 0.25) is 0 Å². The highest BCUT2D eigenvalue weighted by Crippen LogP contribution is 2.29. The van der Waals surface area contributed by atoms with Crippen LogP contribution < -0.4 is 10.5 Å². The minimum Gasteiger partial charge on any atom is -0.351 e. The fourth-order valence-electron chi connectivity index (χ4n) is 3.59. The van der Waals surface area contributed by atoms with Gasteiger partial charge < -0.3 is 4.90 Å². The molecule has 0 radical (unpaired) electrons. The third kappa shape index (κ3) is 3.41. The average molecular weight is 364 g/mol. The molecule has 1 atom stereocenters. The van der Waals surface area contributed by atoms with Gasteiger partial charge in [-0.3, -0.25) is 4.79 Å². The fourth-order valence-corrected chi connectivity index (χ4v) is 3.59. The fraction of sp³-hybridized carbons (Fsp3) is 0.450. The zero-order valence-corrected chi connectivity index (χ0v) is 16.0. The summed E-state index contributed by atoms with van der Waals surface area (Å²) in [6.07, 6.45) is 5.36. The summed E-state index contributed by atoms with van der Waals surface area (Å²) < 4.78 is 1.60. The molecule has 0 bridgehead atoms. The summed E-state index contributed by atoms with van der Waals surface area (Å²) in [5, 5.41) is 5.57. The normalized spacial score (nSPS) is 17.6. The summed E-state index contributed by atoms with van der Waals surface area (Å²) >= 11 is 0. The van der Waals surface area contributed by atoms with Gasteiger partial charge >= 0.3 is 0 Å². The van der Waals surface area contributed by atoms with Crippen molar-refractivity contribution in [3.05, 3.63) is 52.8 Å². The maximum Gasteiger partial charge on any atom is 0.266 e. The first kappa shape index (κ1) is 17.6. The Morgan fingerprint density at radius 1 is 1.15 bits per heavy atom. The van der Waals surface area contributed by atoms with Crippen LogP contribution >= 0.6 is 0 Å². The molecule has 27 heavy (non-hydrogen) atoms. The van der Waals surface area contributed by atoms with E-state index in [9.17, 15) is 4.79 Å². The molecule has 1 unspecified atom stereocenters. The Labute approximate surface area is 158 Å². The molecule has 1 fully saturated rings. The first-order chi connectivity index (χ1) is 12.9. The molecule has 4 heterocycles. The average Bonchev–Trinajstić information content (AvgIpc) is 3.10. The Morgan fingerprint density at radius 2 is 2.00 bits per heavy atom. The Balaban J connectivity index is 1.68. The Bertz CT molecular complexity index is 1020. The number of pyridine rings is 1. The molecule has 0 aromatic carbocycles. The van der Waals surface area contributed by atoms with Crippen LogP contribution in [0.1, 0.15) is 39.3 Å². The van der Waals surface area contributed by atoms with Gasteiger partial charge in [-0.2, -0.15) is 5.10 Å². The Kier molecular flexibility index (Phi) is 4.37. The first-order valence-electron chi connectivity index (χ1n) is 9.34. The van der Waals surface area contributed by atoms with E-state index in [0.717, 1.165) is 36.3 Å². The number of nitrogens with zero attached hydrogens (tertiary/aromatic N) is 6. The highest BCUT2D eigenvalue weighted by atomic mass is 16.1. The van der Waals surface area contributed by atoms with Gasteiger partial charge in [0.25, 0.3) is 5.56 Å². The monoisotopic (exact) mass is 364 g/mol. The molecule has 7 heteroatoms. The van der Waals surface area contributed by atoms with Gasteiger partial charge in [-0.05, 0) is 31.0 Å². The van der Waals surface area contributed by atoms with Gasteiger partial charge in [-0.15, -0.1) is 0 Å². The molecule has 7 nitrogen and oxygen atoms in total. The van der Waals surface area contributed by atoms with E-state index in [2.05, 4.69) is 45.7 Å². The van der Waals surface area contributed by atoms with Gasteiger partial charge in [0, 0.05) is 24.2 Å². The lowest BCUT2D eigenvalue weighted by atomic mass is 9.92. The van der Waals surface area contributed by atoms with E-state index in [1.165, 1.54) is 0 Å². The van der Waals surface area contributed by atoms with Crippen molar-refractivity contribution in [2.45, 2.75) is 51.6 Å². The first-order valence-corrected chi connectivity index (χ1v) is 9.34. The summed E-state index contributed by atoms with van der Waals surface area (Å²) in [6, 6.07) is 7.52. The van der Waals surface area contributed by atoms with E-state index in [-0.39, 0.29) is 17.0 Å². The van der Waals surface area contributed by atoms with Crippen LogP contribution in [0.4, 0.5) is 5.82 Å². The zero-order valence-electron chi connectivity index (χ0n) is 16.0. The van der Waals surface area contributed by atoms with Crippen molar-refractivity contribution < 1.29 is 0 Å². The molecule has 1 saturated heterocycles. The van der Waals surface area contributed by atoms with Gasteiger partial charge in [-0.1, -0.05) is 20.8 Å². The molecule has 1 aliphatic heterocycles. The van der Waals surface area contributed by atoms with Crippen molar-refractivity contribution in [1.29, 1.82) is 0 Å². The molecule has 0 amide bonds. The van der Waals surface area contributed by atoms with Crippen LogP contribution in [0.25, 0.3) is 11.0 Å². The molecular formula is C20H24N6O. The minimum absolute atomic E-state index is 0.0657. The van der Waals surface area contributed by atoms with Gasteiger partial charge in [0.15, 0.2) is 5.65 Å². The maximum atomic E-state index is 12.4. The number of anilines is 1. The van der Waals surface area contributed by atoms with Crippen LogP contribution in [-0.2, 0) is 12.0 Å². The second kappa shape index (κ2) is 6.72. The Hall–Kier alpha value is -2.83. The number of rotatable bonds is 3. The lowest BCUT2D eigenvalue weighted by Crippen LogP contribution is -2.38. The van der Waals surface area contributed by atoms with E-state index in [1.807, 2.05) is 18.2 Å². The third-order valence-electron chi connectivity index (χ3n) is 5.06. The van der Waals surface area contributed by atoms with Crippen molar-refractivity contribution in [1.82, 2.24) is 24.7 Å². The topological polar surface area (TPSA) is 76.8 Å². The van der Waals surface area contributed by atoms with E-state index in [0.29, 0.717) is 12.2 Å². The van der Waals surface area contributed by atoms with Gasteiger partial charge in [0.05, 0.1) is 23.7 Å². The SMILES string of the molecule is CC(C)(C)c1ccc(=O)n(CC2CCCN2c2ncnc3ncccc23)n1. The van der Waals surface area contributed by atoms with E-state index in [4.69, 9.17) is 0 Å². The van der Waals surface area contributed by atoms with Crippen molar-refractivity contribution in [2.75, 3.05) is 11.4 Å². The Morgan fingerprint density at radius 3 is 2.81 bits per heavy atom. The summed E-state index contributed by atoms with van der Waals surface area (Å²) in [6.45, 7) is 7.76. The smallest absolute Gasteiger partial charge is 0.266 e. The molecule has 3 aromatic heterocycles. The molecular weight excluding hydrogens is 340 g/mol. The largest absolute Gasteiger partial charge is 0.351 e. The van der Waals surface area contributed by atoms with Crippen LogP contribution in [0.3, 0.4) is 0 Å². The van der Waals surface area contributed by atoms with Crippen molar-refractivity contribution in [2.24, 2.45) is 0 Å². The number of aromatic nitrogens is 5. The molecule has 1 aliphatic rings. The van der Waals surface area contributed by atoms with E-state index in [1.54, 1.807) is 23.3 Å². The molecule has 140 valence electrons. The molecule has 0 spiro atoms. The molecule has 0 aliphatic carbocycles. The number of hydrogen-bond acceptors (Lipinski definition) is 6. The van der Waals surface area contributed by atoms with Crippen LogP contribution in [-0.4, -0.2) is 37.3 Å². The highest BCUT2D eigenvalue weighted by Gasteiger charge is 2.28. The van der Waals surface area contributed by atoms with Gasteiger partial charge in [-0.25, -0.2) is 19.6 Å². The summed E-state index contributed by atoms with van der Waals surface area (Å²) in [7, 11) is 0. The van der Waals surface area contributed by atoms with Crippen molar-refractivity contribution in [3.8, 4) is 0 Å². The molecule has 0 saturated carbocycles. The summed E-state index contributed by atoms with van der Waals surface area (Å²) in [4.78, 5) is 27.8. The summed E-state index contributed by atoms with van der Waals surface area (Å²) in [5.41, 5.74) is 1.45. The molecule has 0 N–H and O–H groups in total. The lowest BCUT2D eigenvalue weighted by molar-refractivity contribution is 0.457. The van der Waals surface area contributed by atoms with Crippen molar-refractivity contribution in [3.63, 3.8) is 0 Å². The van der Waals surface area contributed by atoms with Gasteiger partial charge in [0.1, 0.15) is 12.1 Å². The van der Waals surface area contributed by atoms with Crippen LogP contribution in [0.5, 0.6) is 0 Å². The van der Waals surface area contributed by atoms with Crippen molar-refractivity contribution >= 4 is 16.9 Å². The predicted octanol–water partition coefficient (Wildman–Crippen LogP) is 2.55. The van der Waals surface area contributed by atoms with Crippen LogP contribution in [0.2, 0.25) is 0 Å². The highest BCUT2D eigenvalue weighted by molar-refractivity contribution is 5.86. The molecule has 3 aromatic rings.